The zero-order valence-corrected chi connectivity index (χ0v) is 17.8. The molecule has 6 heteroatoms. The number of fused-ring (bicyclic) bond motifs is 3. The average molecular weight is 463 g/mol. The predicted octanol–water partition coefficient (Wildman–Crippen LogP) is 4.66. The van der Waals surface area contributed by atoms with Crippen LogP contribution in [0.15, 0.2) is 71.5 Å². The number of methoxy groups -OCH3 is 1. The van der Waals surface area contributed by atoms with Gasteiger partial charge in [-0.3, -0.25) is 4.98 Å². The quantitative estimate of drug-likeness (QED) is 0.612. The molecule has 0 radical (unpaired) electrons. The van der Waals surface area contributed by atoms with Gasteiger partial charge in [-0.1, -0.05) is 58.4 Å². The summed E-state index contributed by atoms with van der Waals surface area (Å²) in [5.41, 5.74) is -0.476. The first kappa shape index (κ1) is 19.1. The first-order valence-corrected chi connectivity index (χ1v) is 10.5. The van der Waals surface area contributed by atoms with Crippen LogP contribution in [0.4, 0.5) is 0 Å². The molecular weight excluding hydrogens is 444 g/mol. The van der Waals surface area contributed by atoms with Gasteiger partial charge in [0.2, 0.25) is 0 Å². The Balaban J connectivity index is 1.85. The van der Waals surface area contributed by atoms with Crippen LogP contribution in [0.25, 0.3) is 0 Å². The normalized spacial score (nSPS) is 28.9. The van der Waals surface area contributed by atoms with Gasteiger partial charge in [0.1, 0.15) is 11.5 Å². The maximum atomic E-state index is 12.4. The van der Waals surface area contributed by atoms with Crippen molar-refractivity contribution < 1.29 is 14.6 Å². The summed E-state index contributed by atoms with van der Waals surface area (Å²) in [4.78, 5) is 4.22. The number of hydrogen-bond acceptors (Lipinski definition) is 5. The zero-order valence-electron chi connectivity index (χ0n) is 16.2. The number of hydrogen-bond donors (Lipinski definition) is 1. The van der Waals surface area contributed by atoms with Gasteiger partial charge in [0.05, 0.1) is 37.1 Å². The highest BCUT2D eigenvalue weighted by Crippen LogP contribution is 2.69. The van der Waals surface area contributed by atoms with Crippen LogP contribution in [0.2, 0.25) is 0 Å². The van der Waals surface area contributed by atoms with Crippen LogP contribution in [0.3, 0.4) is 0 Å². The highest BCUT2D eigenvalue weighted by atomic mass is 79.9. The van der Waals surface area contributed by atoms with Crippen LogP contribution in [0.5, 0.6) is 11.5 Å². The van der Waals surface area contributed by atoms with Crippen LogP contribution in [0.1, 0.15) is 29.0 Å². The summed E-state index contributed by atoms with van der Waals surface area (Å²) in [6.45, 7) is 0. The largest absolute Gasteiger partial charge is 0.495 e. The molecule has 1 aliphatic carbocycles. The van der Waals surface area contributed by atoms with Crippen molar-refractivity contribution in [2.24, 2.45) is 5.92 Å². The summed E-state index contributed by atoms with van der Waals surface area (Å²) >= 11 is 3.49. The molecule has 30 heavy (non-hydrogen) atoms. The lowest BCUT2D eigenvalue weighted by molar-refractivity contribution is -0.119. The fraction of sp³-hybridized carbons (Fsp3) is 0.250. The molecule has 0 saturated heterocycles. The van der Waals surface area contributed by atoms with Crippen molar-refractivity contribution in [1.82, 2.24) is 4.98 Å². The Bertz CT molecular complexity index is 1150. The molecule has 1 N–H and O–H groups in total. The monoisotopic (exact) mass is 462 g/mol. The van der Waals surface area contributed by atoms with E-state index in [1.54, 1.807) is 12.4 Å². The van der Waals surface area contributed by atoms with Gasteiger partial charge in [-0.15, -0.1) is 0 Å². The van der Waals surface area contributed by atoms with Crippen LogP contribution in [-0.4, -0.2) is 17.2 Å². The minimum absolute atomic E-state index is 0.244. The Morgan fingerprint density at radius 2 is 1.90 bits per heavy atom. The Hall–Kier alpha value is -2.88. The van der Waals surface area contributed by atoms with Gasteiger partial charge in [-0.05, 0) is 29.7 Å². The van der Waals surface area contributed by atoms with E-state index in [1.165, 1.54) is 7.11 Å². The number of nitrogens with zero attached hydrogens (tertiary/aromatic N) is 2. The summed E-state index contributed by atoms with van der Waals surface area (Å²) in [6.07, 6.45) is 3.60. The molecule has 0 bridgehead atoms. The number of aliphatic hydroxyl groups is 1. The molecule has 5 rings (SSSR count). The highest BCUT2D eigenvalue weighted by Gasteiger charge is 2.73. The van der Waals surface area contributed by atoms with E-state index in [0.29, 0.717) is 23.5 Å². The minimum Gasteiger partial charge on any atom is -0.495 e. The minimum atomic E-state index is -1.60. The van der Waals surface area contributed by atoms with Crippen LogP contribution < -0.4 is 9.47 Å². The van der Waals surface area contributed by atoms with Gasteiger partial charge in [0.25, 0.3) is 0 Å². The standard InChI is InChI=1S/C24H19BrN2O3/c1-29-20-13-27-14-21-22(20)23(28)17(12-26)11-19(15-5-3-2-4-6-15)24(23,30-21)16-7-9-18(25)10-8-16/h2-10,13-14,17,19,28H,11H2,1H3. The number of benzene rings is 2. The van der Waals surface area contributed by atoms with Crippen molar-refractivity contribution in [3.05, 3.63) is 88.2 Å². The second-order valence-corrected chi connectivity index (χ2v) is 8.62. The molecule has 1 aliphatic heterocycles. The van der Waals surface area contributed by atoms with Crippen molar-refractivity contribution >= 4 is 15.9 Å². The smallest absolute Gasteiger partial charge is 0.175 e. The molecule has 2 aromatic carbocycles. The maximum Gasteiger partial charge on any atom is 0.175 e. The van der Waals surface area contributed by atoms with Crippen molar-refractivity contribution in [2.75, 3.05) is 7.11 Å². The Morgan fingerprint density at radius 3 is 2.57 bits per heavy atom. The van der Waals surface area contributed by atoms with E-state index in [4.69, 9.17) is 9.47 Å². The van der Waals surface area contributed by atoms with Gasteiger partial charge < -0.3 is 14.6 Å². The molecule has 2 heterocycles. The molecule has 5 nitrogen and oxygen atoms in total. The van der Waals surface area contributed by atoms with Crippen LogP contribution >= 0.6 is 15.9 Å². The van der Waals surface area contributed by atoms with E-state index >= 15 is 0 Å². The van der Waals surface area contributed by atoms with E-state index in [9.17, 15) is 10.4 Å². The second-order valence-electron chi connectivity index (χ2n) is 7.71. The number of aromatic nitrogens is 1. The molecule has 4 unspecified atom stereocenters. The third kappa shape index (κ3) is 2.33. The van der Waals surface area contributed by atoms with E-state index in [2.05, 4.69) is 27.0 Å². The summed E-state index contributed by atoms with van der Waals surface area (Å²) < 4.78 is 13.1. The van der Waals surface area contributed by atoms with Crippen molar-refractivity contribution in [1.29, 1.82) is 5.26 Å². The SMILES string of the molecule is COc1cncc2c1C1(O)C(C#N)CC(c3ccccc3)C1(c1ccc(Br)cc1)O2. The Labute approximate surface area is 183 Å². The Morgan fingerprint density at radius 1 is 1.17 bits per heavy atom. The van der Waals surface area contributed by atoms with E-state index in [-0.39, 0.29) is 5.92 Å². The molecule has 4 atom stereocenters. The third-order valence-corrected chi connectivity index (χ3v) is 6.94. The predicted molar refractivity (Wildman–Crippen MR) is 114 cm³/mol. The number of halogens is 1. The molecular formula is C24H19BrN2O3. The summed E-state index contributed by atoms with van der Waals surface area (Å²) in [6, 6.07) is 20.0. The lowest BCUT2D eigenvalue weighted by atomic mass is 9.70. The Kier molecular flexibility index (Phi) is 4.35. The van der Waals surface area contributed by atoms with Crippen LogP contribution in [0, 0.1) is 17.2 Å². The van der Waals surface area contributed by atoms with E-state index < -0.39 is 17.1 Å². The third-order valence-electron chi connectivity index (χ3n) is 6.41. The fourth-order valence-electron chi connectivity index (χ4n) is 5.19. The summed E-state index contributed by atoms with van der Waals surface area (Å²) in [5, 5.41) is 22.5. The van der Waals surface area contributed by atoms with Gasteiger partial charge in [-0.25, -0.2) is 0 Å². The van der Waals surface area contributed by atoms with Crippen molar-refractivity contribution in [3.8, 4) is 17.6 Å². The number of pyridine rings is 1. The highest BCUT2D eigenvalue weighted by molar-refractivity contribution is 9.10. The van der Waals surface area contributed by atoms with Crippen LogP contribution in [-0.2, 0) is 11.2 Å². The first-order valence-electron chi connectivity index (χ1n) is 9.70. The summed E-state index contributed by atoms with van der Waals surface area (Å²) in [5.74, 6) is -0.0702. The fourth-order valence-corrected chi connectivity index (χ4v) is 5.45. The first-order chi connectivity index (χ1) is 14.6. The van der Waals surface area contributed by atoms with Gasteiger partial charge in [-0.2, -0.15) is 5.26 Å². The lowest BCUT2D eigenvalue weighted by Gasteiger charge is -2.40. The maximum absolute atomic E-state index is 12.4. The lowest BCUT2D eigenvalue weighted by Crippen LogP contribution is -2.50. The van der Waals surface area contributed by atoms with E-state index in [0.717, 1.165) is 15.6 Å². The van der Waals surface area contributed by atoms with Crippen molar-refractivity contribution in [3.63, 3.8) is 0 Å². The molecule has 1 fully saturated rings. The number of nitriles is 1. The van der Waals surface area contributed by atoms with Gasteiger partial charge >= 0.3 is 0 Å². The zero-order chi connectivity index (χ0) is 20.9. The van der Waals surface area contributed by atoms with Gasteiger partial charge in [0.15, 0.2) is 11.2 Å². The topological polar surface area (TPSA) is 75.4 Å². The molecule has 3 aromatic rings. The average Bonchev–Trinajstić information content (AvgIpc) is 3.19. The number of rotatable bonds is 3. The van der Waals surface area contributed by atoms with E-state index in [1.807, 2.05) is 54.6 Å². The molecule has 2 aliphatic rings. The van der Waals surface area contributed by atoms with Gasteiger partial charge in [0, 0.05) is 10.4 Å². The van der Waals surface area contributed by atoms with Crippen molar-refractivity contribution in [2.45, 2.75) is 23.5 Å². The molecule has 0 amide bonds. The summed E-state index contributed by atoms with van der Waals surface area (Å²) in [7, 11) is 1.53. The second kappa shape index (κ2) is 6.83. The molecule has 1 saturated carbocycles. The molecule has 1 aromatic heterocycles. The number of ether oxygens (including phenoxy) is 2. The molecule has 0 spiro atoms. The molecule has 150 valence electrons.